The third-order valence-corrected chi connectivity index (χ3v) is 3.20. The minimum Gasteiger partial charge on any atom is -0.492 e. The Morgan fingerprint density at radius 1 is 1.38 bits per heavy atom. The number of aryl methyl sites for hydroxylation is 1. The van der Waals surface area contributed by atoms with Crippen molar-refractivity contribution in [3.63, 3.8) is 0 Å². The molecule has 0 atom stereocenters. The van der Waals surface area contributed by atoms with Crippen LogP contribution in [0.25, 0.3) is 10.9 Å². The van der Waals surface area contributed by atoms with Gasteiger partial charge in [-0.1, -0.05) is 0 Å². The van der Waals surface area contributed by atoms with Crippen molar-refractivity contribution in [2.24, 2.45) is 7.05 Å². The van der Waals surface area contributed by atoms with Crippen LogP contribution in [0.4, 0.5) is 0 Å². The Morgan fingerprint density at radius 3 is 2.71 bits per heavy atom. The molecular weight excluding hydrogens is 272 g/mol. The molecule has 2 rings (SSSR count). The summed E-state index contributed by atoms with van der Waals surface area (Å²) in [6.45, 7) is 1.25. The summed E-state index contributed by atoms with van der Waals surface area (Å²) in [7, 11) is 5.60. The first-order valence-electron chi connectivity index (χ1n) is 6.54. The zero-order valence-electron chi connectivity index (χ0n) is 12.3. The van der Waals surface area contributed by atoms with Crippen LogP contribution in [0.5, 0.6) is 5.75 Å². The maximum absolute atomic E-state index is 12.2. The van der Waals surface area contributed by atoms with Crippen molar-refractivity contribution >= 4 is 16.9 Å². The van der Waals surface area contributed by atoms with E-state index in [-0.39, 0.29) is 5.56 Å². The summed E-state index contributed by atoms with van der Waals surface area (Å²) < 4.78 is 7.21. The molecule has 6 nitrogen and oxygen atoms in total. The minimum absolute atomic E-state index is 0.240. The highest BCUT2D eigenvalue weighted by molar-refractivity contribution is 5.92. The van der Waals surface area contributed by atoms with E-state index in [0.29, 0.717) is 23.3 Å². The van der Waals surface area contributed by atoms with E-state index in [9.17, 15) is 9.59 Å². The molecule has 1 heterocycles. The highest BCUT2D eigenvalue weighted by Crippen LogP contribution is 2.18. The van der Waals surface area contributed by atoms with Crippen LogP contribution in [-0.2, 0) is 7.05 Å². The Labute approximate surface area is 122 Å². The molecule has 0 amide bonds. The Bertz CT molecular complexity index is 734. The number of aromatic nitrogens is 1. The fourth-order valence-electron chi connectivity index (χ4n) is 2.06. The van der Waals surface area contributed by atoms with Crippen LogP contribution in [0.1, 0.15) is 10.4 Å². The normalized spacial score (nSPS) is 11.0. The zero-order valence-corrected chi connectivity index (χ0v) is 12.3. The summed E-state index contributed by atoms with van der Waals surface area (Å²) in [5.74, 6) is -0.666. The lowest BCUT2D eigenvalue weighted by molar-refractivity contribution is 0.0695. The maximum Gasteiger partial charge on any atom is 0.341 e. The molecule has 0 aliphatic rings. The highest BCUT2D eigenvalue weighted by atomic mass is 16.5. The van der Waals surface area contributed by atoms with Crippen molar-refractivity contribution in [2.45, 2.75) is 0 Å². The van der Waals surface area contributed by atoms with E-state index in [1.807, 2.05) is 19.0 Å². The molecule has 1 N–H and O–H groups in total. The van der Waals surface area contributed by atoms with E-state index in [0.717, 1.165) is 6.54 Å². The summed E-state index contributed by atoms with van der Waals surface area (Å²) in [4.78, 5) is 25.3. The second-order valence-electron chi connectivity index (χ2n) is 5.12. The first-order chi connectivity index (χ1) is 9.90. The van der Waals surface area contributed by atoms with Crippen molar-refractivity contribution in [2.75, 3.05) is 27.2 Å². The van der Waals surface area contributed by atoms with E-state index in [4.69, 9.17) is 9.84 Å². The first kappa shape index (κ1) is 15.1. The Kier molecular flexibility index (Phi) is 4.28. The third kappa shape index (κ3) is 3.22. The number of ether oxygens (including phenoxy) is 1. The summed E-state index contributed by atoms with van der Waals surface area (Å²) in [5.41, 5.74) is -0.0611. The number of carboxylic acid groups (broad SMARTS) is 1. The molecule has 0 aliphatic carbocycles. The van der Waals surface area contributed by atoms with Crippen LogP contribution in [0, 0.1) is 0 Å². The van der Waals surface area contributed by atoms with Crippen LogP contribution in [-0.4, -0.2) is 47.8 Å². The lowest BCUT2D eigenvalue weighted by Crippen LogP contribution is -2.20. The van der Waals surface area contributed by atoms with Gasteiger partial charge in [0.05, 0.1) is 10.9 Å². The quantitative estimate of drug-likeness (QED) is 0.895. The molecule has 0 unspecified atom stereocenters. The van der Waals surface area contributed by atoms with E-state index < -0.39 is 11.4 Å². The van der Waals surface area contributed by atoms with Gasteiger partial charge in [0.15, 0.2) is 0 Å². The van der Waals surface area contributed by atoms with Gasteiger partial charge in [0.1, 0.15) is 17.9 Å². The predicted molar refractivity (Wildman–Crippen MR) is 80.2 cm³/mol. The fraction of sp³-hybridized carbons (Fsp3) is 0.333. The first-order valence-corrected chi connectivity index (χ1v) is 6.54. The summed E-state index contributed by atoms with van der Waals surface area (Å²) >= 11 is 0. The average Bonchev–Trinajstić information content (AvgIpc) is 2.42. The standard InChI is InChI=1S/C15H18N2O4/c1-16(2)6-7-21-10-4-5-13-11(8-10)14(18)12(15(19)20)9-17(13)3/h4-5,8-9H,6-7H2,1-3H3,(H,19,20). The number of nitrogens with zero attached hydrogens (tertiary/aromatic N) is 2. The maximum atomic E-state index is 12.2. The Hall–Kier alpha value is -2.34. The second kappa shape index (κ2) is 5.97. The highest BCUT2D eigenvalue weighted by Gasteiger charge is 2.13. The summed E-state index contributed by atoms with van der Waals surface area (Å²) in [5, 5.41) is 9.42. The monoisotopic (exact) mass is 290 g/mol. The zero-order chi connectivity index (χ0) is 15.6. The van der Waals surface area contributed by atoms with Gasteiger partial charge in [0.2, 0.25) is 5.43 Å². The molecule has 21 heavy (non-hydrogen) atoms. The largest absolute Gasteiger partial charge is 0.492 e. The van der Waals surface area contributed by atoms with Gasteiger partial charge in [-0.3, -0.25) is 4.79 Å². The lowest BCUT2D eigenvalue weighted by atomic mass is 10.1. The van der Waals surface area contributed by atoms with Crippen molar-refractivity contribution in [1.82, 2.24) is 9.47 Å². The molecule has 2 aromatic rings. The van der Waals surface area contributed by atoms with Crippen LogP contribution in [0.2, 0.25) is 0 Å². The minimum atomic E-state index is -1.23. The number of rotatable bonds is 5. The predicted octanol–water partition coefficient (Wildman–Crippen LogP) is 1.18. The van der Waals surface area contributed by atoms with Gasteiger partial charge in [0, 0.05) is 19.8 Å². The number of fused-ring (bicyclic) bond motifs is 1. The van der Waals surface area contributed by atoms with Gasteiger partial charge in [0.25, 0.3) is 0 Å². The van der Waals surface area contributed by atoms with Crippen molar-refractivity contribution < 1.29 is 14.6 Å². The third-order valence-electron chi connectivity index (χ3n) is 3.20. The van der Waals surface area contributed by atoms with E-state index in [1.54, 1.807) is 29.8 Å². The van der Waals surface area contributed by atoms with Crippen LogP contribution < -0.4 is 10.2 Å². The Morgan fingerprint density at radius 2 is 2.10 bits per heavy atom. The molecule has 1 aromatic heterocycles. The number of aromatic carboxylic acids is 1. The Balaban J connectivity index is 2.43. The number of benzene rings is 1. The number of pyridine rings is 1. The van der Waals surface area contributed by atoms with Gasteiger partial charge in [-0.15, -0.1) is 0 Å². The van der Waals surface area contributed by atoms with Gasteiger partial charge in [-0.2, -0.15) is 0 Å². The molecular formula is C15H18N2O4. The SMILES string of the molecule is CN(C)CCOc1ccc2c(c1)c(=O)c(C(=O)O)cn2C. The molecule has 1 aromatic carbocycles. The number of hydrogen-bond donors (Lipinski definition) is 1. The van der Waals surface area contributed by atoms with Gasteiger partial charge < -0.3 is 19.3 Å². The van der Waals surface area contributed by atoms with Gasteiger partial charge in [-0.25, -0.2) is 4.79 Å². The van der Waals surface area contributed by atoms with Crippen molar-refractivity contribution in [3.8, 4) is 5.75 Å². The number of likely N-dealkylation sites (N-methyl/N-ethyl adjacent to an activating group) is 1. The average molecular weight is 290 g/mol. The van der Waals surface area contributed by atoms with Crippen molar-refractivity contribution in [1.29, 1.82) is 0 Å². The van der Waals surface area contributed by atoms with E-state index in [1.165, 1.54) is 6.20 Å². The number of carboxylic acids is 1. The van der Waals surface area contributed by atoms with E-state index >= 15 is 0 Å². The fourth-order valence-corrected chi connectivity index (χ4v) is 2.06. The lowest BCUT2D eigenvalue weighted by Gasteiger charge is -2.12. The smallest absolute Gasteiger partial charge is 0.341 e. The molecule has 0 radical (unpaired) electrons. The molecule has 0 saturated carbocycles. The molecule has 6 heteroatoms. The summed E-state index contributed by atoms with van der Waals surface area (Å²) in [6, 6.07) is 5.13. The molecule has 112 valence electrons. The molecule has 0 aliphatic heterocycles. The van der Waals surface area contributed by atoms with Crippen LogP contribution >= 0.6 is 0 Å². The number of carbonyl (C=O) groups is 1. The number of hydrogen-bond acceptors (Lipinski definition) is 4. The summed E-state index contributed by atoms with van der Waals surface area (Å²) in [6.07, 6.45) is 1.33. The molecule has 0 saturated heterocycles. The molecule has 0 spiro atoms. The van der Waals surface area contributed by atoms with Crippen molar-refractivity contribution in [3.05, 3.63) is 40.2 Å². The van der Waals surface area contributed by atoms with Crippen LogP contribution in [0.15, 0.2) is 29.2 Å². The molecule has 0 fully saturated rings. The second-order valence-corrected chi connectivity index (χ2v) is 5.12. The molecule has 0 bridgehead atoms. The van der Waals surface area contributed by atoms with E-state index in [2.05, 4.69) is 0 Å². The van der Waals surface area contributed by atoms with Gasteiger partial charge >= 0.3 is 5.97 Å². The topological polar surface area (TPSA) is 71.8 Å². The van der Waals surface area contributed by atoms with Gasteiger partial charge in [-0.05, 0) is 32.3 Å². The van der Waals surface area contributed by atoms with Crippen LogP contribution in [0.3, 0.4) is 0 Å².